The Bertz CT molecular complexity index is 1440. The molecule has 11 heteroatoms. The van der Waals surface area contributed by atoms with Crippen molar-refractivity contribution < 1.29 is 45.8 Å². The molecule has 0 unspecified atom stereocenters. The molecule has 5 nitrogen and oxygen atoms in total. The summed E-state index contributed by atoms with van der Waals surface area (Å²) < 4.78 is 87.2. The van der Waals surface area contributed by atoms with Gasteiger partial charge in [0, 0.05) is 5.92 Å². The number of amides is 2. The predicted molar refractivity (Wildman–Crippen MR) is 147 cm³/mol. The number of halogens is 6. The predicted octanol–water partition coefficient (Wildman–Crippen LogP) is 7.93. The van der Waals surface area contributed by atoms with Gasteiger partial charge in [-0.2, -0.15) is 26.3 Å². The van der Waals surface area contributed by atoms with Crippen LogP contribution in [0.5, 0.6) is 5.75 Å². The number of allylic oxidation sites excluding steroid dienone is 2. The van der Waals surface area contributed by atoms with Gasteiger partial charge < -0.3 is 9.84 Å². The molecule has 2 aromatic carbocycles. The van der Waals surface area contributed by atoms with Gasteiger partial charge in [-0.15, -0.1) is 0 Å². The molecule has 0 saturated carbocycles. The number of phenolic OH excluding ortho intramolecular Hbond substituents is 1. The summed E-state index contributed by atoms with van der Waals surface area (Å²) in [4.78, 5) is 27.6. The molecule has 2 aliphatic heterocycles. The molecule has 0 radical (unpaired) electrons. The molecule has 0 spiro atoms. The molecule has 230 valence electrons. The average molecular weight is 608 g/mol. The third-order valence-corrected chi connectivity index (χ3v) is 8.55. The van der Waals surface area contributed by atoms with Crippen LogP contribution in [0.1, 0.15) is 62.6 Å². The quantitative estimate of drug-likeness (QED) is 0.197. The van der Waals surface area contributed by atoms with Gasteiger partial charge in [0.25, 0.3) is 0 Å². The molecule has 2 fully saturated rings. The van der Waals surface area contributed by atoms with Crippen molar-refractivity contribution in [3.8, 4) is 5.75 Å². The van der Waals surface area contributed by atoms with Crippen LogP contribution in [0.3, 0.4) is 0 Å². The maximum atomic E-state index is 13.6. The average Bonchev–Trinajstić information content (AvgIpc) is 3.46. The van der Waals surface area contributed by atoms with Crippen molar-refractivity contribution in [2.24, 2.45) is 17.8 Å². The van der Waals surface area contributed by atoms with E-state index >= 15 is 0 Å². The number of hydrogen-bond acceptors (Lipinski definition) is 4. The van der Waals surface area contributed by atoms with E-state index in [0.29, 0.717) is 29.9 Å². The summed E-state index contributed by atoms with van der Waals surface area (Å²) in [7, 11) is 0. The summed E-state index contributed by atoms with van der Waals surface area (Å²) in [5.74, 6) is -3.74. The molecule has 4 atom stereocenters. The lowest BCUT2D eigenvalue weighted by Gasteiger charge is -2.30. The monoisotopic (exact) mass is 607 g/mol. The fraction of sp³-hybridized carbons (Fsp3) is 0.438. The second kappa shape index (κ2) is 11.5. The van der Waals surface area contributed by atoms with E-state index in [2.05, 4.69) is 13.0 Å². The number of phenols is 1. The molecule has 2 saturated heterocycles. The number of carbonyl (C=O) groups is 2. The highest BCUT2D eigenvalue weighted by atomic mass is 19.4. The molecule has 0 aromatic heterocycles. The number of imide groups is 1. The van der Waals surface area contributed by atoms with Crippen LogP contribution in [0.15, 0.2) is 59.2 Å². The summed E-state index contributed by atoms with van der Waals surface area (Å²) in [6.07, 6.45) is -5.24. The standard InChI is InChI=1S/C32H31F6NO4/c1-3-4-18(12-19-5-8-23(40)9-6-19)7-10-26-27-17(2)11-24-28(25(27)16-43-26)30(42)39(29(24)41)22-14-20(31(33,34)35)13-21(15-22)32(36,37)38/h5-6,8-9,12-15,24-26,28,40H,3-4,7,10-11,16H2,1-2H3/b18-12+/t24-,25+,26-,28-/m1/s1. The fourth-order valence-electron chi connectivity index (χ4n) is 6.66. The van der Waals surface area contributed by atoms with Crippen molar-refractivity contribution in [2.75, 3.05) is 11.5 Å². The van der Waals surface area contributed by atoms with E-state index in [1.165, 1.54) is 5.57 Å². The highest BCUT2D eigenvalue weighted by Gasteiger charge is 2.57. The van der Waals surface area contributed by atoms with Crippen LogP contribution < -0.4 is 4.90 Å². The molecule has 2 amide bonds. The highest BCUT2D eigenvalue weighted by Crippen LogP contribution is 2.51. The molecule has 1 N–H and O–H groups in total. The summed E-state index contributed by atoms with van der Waals surface area (Å²) in [6.45, 7) is 4.04. The van der Waals surface area contributed by atoms with Crippen molar-refractivity contribution in [2.45, 2.75) is 64.4 Å². The molecule has 43 heavy (non-hydrogen) atoms. The zero-order valence-electron chi connectivity index (χ0n) is 23.6. The van der Waals surface area contributed by atoms with Gasteiger partial charge in [0.2, 0.25) is 11.8 Å². The number of nitrogens with zero attached hydrogens (tertiary/aromatic N) is 1. The van der Waals surface area contributed by atoms with Gasteiger partial charge >= 0.3 is 12.4 Å². The Morgan fingerprint density at radius 2 is 1.58 bits per heavy atom. The molecule has 2 heterocycles. The molecule has 0 bridgehead atoms. The number of ether oxygens (including phenoxy) is 1. The fourth-order valence-corrected chi connectivity index (χ4v) is 6.66. The van der Waals surface area contributed by atoms with Crippen molar-refractivity contribution >= 4 is 23.6 Å². The van der Waals surface area contributed by atoms with Gasteiger partial charge in [-0.3, -0.25) is 9.59 Å². The Balaban J connectivity index is 1.39. The van der Waals surface area contributed by atoms with E-state index in [-0.39, 0.29) is 30.9 Å². The van der Waals surface area contributed by atoms with E-state index in [1.54, 1.807) is 12.1 Å². The molecular formula is C32H31F6NO4. The number of hydrogen-bond donors (Lipinski definition) is 1. The minimum atomic E-state index is -5.11. The number of anilines is 1. The topological polar surface area (TPSA) is 66.8 Å². The Morgan fingerprint density at radius 1 is 0.953 bits per heavy atom. The summed E-state index contributed by atoms with van der Waals surface area (Å²) >= 11 is 0. The smallest absolute Gasteiger partial charge is 0.416 e. The zero-order chi connectivity index (χ0) is 31.3. The van der Waals surface area contributed by atoms with Crippen LogP contribution in [-0.4, -0.2) is 29.6 Å². The van der Waals surface area contributed by atoms with Crippen molar-refractivity contribution in [3.05, 3.63) is 75.9 Å². The van der Waals surface area contributed by atoms with E-state index < -0.39 is 58.7 Å². The van der Waals surface area contributed by atoms with Crippen molar-refractivity contribution in [1.29, 1.82) is 0 Å². The van der Waals surface area contributed by atoms with Crippen LogP contribution in [0.25, 0.3) is 6.08 Å². The minimum absolute atomic E-state index is 0.0241. The Morgan fingerprint density at radius 3 is 2.16 bits per heavy atom. The highest BCUT2D eigenvalue weighted by molar-refractivity contribution is 6.22. The first-order chi connectivity index (χ1) is 20.2. The Kier molecular flexibility index (Phi) is 8.24. The first-order valence-corrected chi connectivity index (χ1v) is 14.2. The number of rotatable bonds is 7. The van der Waals surface area contributed by atoms with Gasteiger partial charge in [-0.05, 0) is 74.1 Å². The van der Waals surface area contributed by atoms with E-state index in [0.717, 1.165) is 29.6 Å². The third kappa shape index (κ3) is 6.09. The van der Waals surface area contributed by atoms with Gasteiger partial charge in [0.15, 0.2) is 0 Å². The molecule has 3 aliphatic rings. The molecule has 2 aromatic rings. The van der Waals surface area contributed by atoms with Crippen LogP contribution in [0.2, 0.25) is 0 Å². The lowest BCUT2D eigenvalue weighted by atomic mass is 9.70. The second-order valence-corrected chi connectivity index (χ2v) is 11.5. The molecule has 5 rings (SSSR count). The van der Waals surface area contributed by atoms with E-state index in [9.17, 15) is 41.0 Å². The lowest BCUT2D eigenvalue weighted by Crippen LogP contribution is -2.34. The number of alkyl halides is 6. The van der Waals surface area contributed by atoms with Gasteiger partial charge in [0.05, 0.1) is 41.4 Å². The van der Waals surface area contributed by atoms with Crippen LogP contribution in [-0.2, 0) is 26.7 Å². The van der Waals surface area contributed by atoms with Gasteiger partial charge in [0.1, 0.15) is 5.75 Å². The Hall–Kier alpha value is -3.60. The van der Waals surface area contributed by atoms with Crippen LogP contribution in [0.4, 0.5) is 32.0 Å². The van der Waals surface area contributed by atoms with Crippen LogP contribution >= 0.6 is 0 Å². The normalized spacial score (nSPS) is 24.6. The van der Waals surface area contributed by atoms with Crippen molar-refractivity contribution in [3.63, 3.8) is 0 Å². The van der Waals surface area contributed by atoms with Gasteiger partial charge in [-0.25, -0.2) is 4.90 Å². The Labute approximate surface area is 244 Å². The zero-order valence-corrected chi connectivity index (χ0v) is 23.6. The summed E-state index contributed by atoms with van der Waals surface area (Å²) in [5, 5.41) is 9.56. The number of aromatic hydroxyl groups is 1. The second-order valence-electron chi connectivity index (χ2n) is 11.5. The first kappa shape index (κ1) is 30.8. The summed E-state index contributed by atoms with van der Waals surface area (Å²) in [5.41, 5.74) is -0.0345. The third-order valence-electron chi connectivity index (χ3n) is 8.55. The molecular weight excluding hydrogens is 576 g/mol. The summed E-state index contributed by atoms with van der Waals surface area (Å²) in [6, 6.07) is 7.68. The van der Waals surface area contributed by atoms with E-state index in [1.807, 2.05) is 19.1 Å². The first-order valence-electron chi connectivity index (χ1n) is 14.2. The number of carbonyl (C=O) groups excluding carboxylic acids is 2. The maximum absolute atomic E-state index is 13.6. The molecule has 1 aliphatic carbocycles. The largest absolute Gasteiger partial charge is 0.508 e. The van der Waals surface area contributed by atoms with E-state index in [4.69, 9.17) is 4.74 Å². The lowest BCUT2D eigenvalue weighted by molar-refractivity contribution is -0.143. The van der Waals surface area contributed by atoms with Gasteiger partial charge in [-0.1, -0.05) is 42.7 Å². The number of benzene rings is 2. The van der Waals surface area contributed by atoms with Crippen LogP contribution in [0, 0.1) is 17.8 Å². The SMILES string of the molecule is CCC/C(=C\c1ccc(O)cc1)CC[C@H]1OC[C@H]2C1=C(C)C[C@H]1C(=O)N(c3cc(C(F)(F)F)cc(C(F)(F)F)c3)C(=O)[C@H]12. The number of fused-ring (bicyclic) bond motifs is 3. The minimum Gasteiger partial charge on any atom is -0.508 e. The van der Waals surface area contributed by atoms with Crippen molar-refractivity contribution in [1.82, 2.24) is 0 Å². The maximum Gasteiger partial charge on any atom is 0.416 e.